The minimum absolute atomic E-state index is 0.323. The summed E-state index contributed by atoms with van der Waals surface area (Å²) in [5.41, 5.74) is 2.47. The summed E-state index contributed by atoms with van der Waals surface area (Å²) in [6.07, 6.45) is 3.87. The number of carboxylic acid groups (broad SMARTS) is 1. The van der Waals surface area contributed by atoms with Crippen molar-refractivity contribution in [3.63, 3.8) is 0 Å². The SMILES string of the molecule is CC(F)(F)COc1cc(CN2CC3(CC(N4CCC(C)(C(=O)O)CC4)=NO3)C2)cc(C2CC2)c1-c1ccc(F)cc1. The number of carbonyl (C=O) groups is 1. The van der Waals surface area contributed by atoms with Crippen LogP contribution in [0, 0.1) is 11.2 Å². The van der Waals surface area contributed by atoms with Gasteiger partial charge in [0.25, 0.3) is 5.92 Å². The normalized spacial score (nSPS) is 21.8. The fourth-order valence-corrected chi connectivity index (χ4v) is 6.20. The average molecular weight is 572 g/mol. The monoisotopic (exact) mass is 571 g/mol. The van der Waals surface area contributed by atoms with Gasteiger partial charge in [-0.3, -0.25) is 9.69 Å². The van der Waals surface area contributed by atoms with E-state index in [1.807, 2.05) is 6.07 Å². The molecule has 1 spiro atoms. The molecule has 1 saturated carbocycles. The molecule has 2 aromatic rings. The van der Waals surface area contributed by atoms with Crippen molar-refractivity contribution in [1.29, 1.82) is 0 Å². The van der Waals surface area contributed by atoms with E-state index in [9.17, 15) is 23.1 Å². The quantitative estimate of drug-likeness (QED) is 0.427. The second kappa shape index (κ2) is 10.2. The minimum atomic E-state index is -2.99. The first-order chi connectivity index (χ1) is 19.4. The molecule has 0 aromatic heterocycles. The first-order valence-electron chi connectivity index (χ1n) is 14.3. The number of hydrogen-bond donors (Lipinski definition) is 1. The van der Waals surface area contributed by atoms with Gasteiger partial charge >= 0.3 is 5.97 Å². The molecule has 0 unspecified atom stereocenters. The molecule has 2 aromatic carbocycles. The van der Waals surface area contributed by atoms with E-state index >= 15 is 0 Å². The van der Waals surface area contributed by atoms with Gasteiger partial charge < -0.3 is 19.6 Å². The van der Waals surface area contributed by atoms with E-state index in [4.69, 9.17) is 9.57 Å². The van der Waals surface area contributed by atoms with E-state index in [0.29, 0.717) is 63.7 Å². The van der Waals surface area contributed by atoms with Gasteiger partial charge in [0.1, 0.15) is 17.4 Å². The number of benzene rings is 2. The van der Waals surface area contributed by atoms with Gasteiger partial charge in [0.2, 0.25) is 0 Å². The van der Waals surface area contributed by atoms with Crippen LogP contribution in [0.2, 0.25) is 0 Å². The lowest BCUT2D eigenvalue weighted by Gasteiger charge is -2.46. The third-order valence-corrected chi connectivity index (χ3v) is 8.83. The van der Waals surface area contributed by atoms with Crippen molar-refractivity contribution in [2.45, 2.75) is 69.9 Å². The standard InChI is InChI=1S/C31H36F3N3O4/c1-29(28(38)39)9-11-37(12-10-29)26-15-31(41-35-26)17-36(18-31)16-20-13-24(21-3-4-21)27(22-5-7-23(32)8-6-22)25(14-20)40-19-30(2,33)34/h5-8,13-14,21H,3-4,9-12,15-19H2,1-2H3,(H,38,39). The molecule has 6 rings (SSSR count). The topological polar surface area (TPSA) is 74.6 Å². The number of oxime groups is 1. The smallest absolute Gasteiger partial charge is 0.309 e. The highest BCUT2D eigenvalue weighted by molar-refractivity contribution is 5.85. The second-order valence-corrected chi connectivity index (χ2v) is 12.7. The van der Waals surface area contributed by atoms with Crippen LogP contribution in [0.5, 0.6) is 5.75 Å². The number of likely N-dealkylation sites (tertiary alicyclic amines) is 2. The lowest BCUT2D eigenvalue weighted by Crippen LogP contribution is -2.61. The van der Waals surface area contributed by atoms with E-state index in [2.05, 4.69) is 21.0 Å². The zero-order valence-electron chi connectivity index (χ0n) is 23.5. The van der Waals surface area contributed by atoms with Gasteiger partial charge in [-0.1, -0.05) is 23.4 Å². The van der Waals surface area contributed by atoms with Gasteiger partial charge in [-0.05, 0) is 73.4 Å². The Bertz CT molecular complexity index is 1340. The van der Waals surface area contributed by atoms with Gasteiger partial charge in [0.15, 0.2) is 12.2 Å². The van der Waals surface area contributed by atoms with Crippen molar-refractivity contribution in [3.8, 4) is 16.9 Å². The average Bonchev–Trinajstić information content (AvgIpc) is 3.66. The Morgan fingerprint density at radius 3 is 2.46 bits per heavy atom. The van der Waals surface area contributed by atoms with Crippen LogP contribution in [0.1, 0.15) is 63.0 Å². The van der Waals surface area contributed by atoms with Gasteiger partial charge in [0.05, 0.1) is 11.8 Å². The molecule has 0 radical (unpaired) electrons. The zero-order valence-corrected chi connectivity index (χ0v) is 23.5. The van der Waals surface area contributed by atoms with Gasteiger partial charge in [-0.15, -0.1) is 0 Å². The molecule has 0 bridgehead atoms. The molecule has 1 aliphatic carbocycles. The summed E-state index contributed by atoms with van der Waals surface area (Å²) < 4.78 is 47.0. The molecule has 220 valence electrons. The molecule has 4 aliphatic rings. The number of ether oxygens (including phenoxy) is 1. The number of aliphatic carboxylic acids is 1. The first kappa shape index (κ1) is 27.9. The maximum atomic E-state index is 13.8. The van der Waals surface area contributed by atoms with Crippen LogP contribution in [0.3, 0.4) is 0 Å². The van der Waals surface area contributed by atoms with Crippen LogP contribution in [0.15, 0.2) is 41.6 Å². The second-order valence-electron chi connectivity index (χ2n) is 12.7. The van der Waals surface area contributed by atoms with Crippen molar-refractivity contribution in [2.24, 2.45) is 10.6 Å². The molecule has 3 fully saturated rings. The van der Waals surface area contributed by atoms with Crippen LogP contribution in [-0.2, 0) is 16.2 Å². The van der Waals surface area contributed by atoms with Crippen LogP contribution >= 0.6 is 0 Å². The van der Waals surface area contributed by atoms with Crippen molar-refractivity contribution in [2.75, 3.05) is 32.8 Å². The van der Waals surface area contributed by atoms with Crippen LogP contribution in [0.4, 0.5) is 13.2 Å². The third-order valence-electron chi connectivity index (χ3n) is 8.83. The van der Waals surface area contributed by atoms with Crippen molar-refractivity contribution in [1.82, 2.24) is 9.80 Å². The highest BCUT2D eigenvalue weighted by atomic mass is 19.3. The summed E-state index contributed by atoms with van der Waals surface area (Å²) in [6, 6.07) is 10.1. The molecule has 7 nitrogen and oxygen atoms in total. The number of rotatable bonds is 8. The predicted octanol–water partition coefficient (Wildman–Crippen LogP) is 5.88. The van der Waals surface area contributed by atoms with E-state index in [1.165, 1.54) is 12.1 Å². The highest BCUT2D eigenvalue weighted by Crippen LogP contribution is 2.49. The third kappa shape index (κ3) is 5.89. The number of carboxylic acids is 1. The zero-order chi connectivity index (χ0) is 29.0. The molecule has 10 heteroatoms. The van der Waals surface area contributed by atoms with E-state index in [-0.39, 0.29) is 11.4 Å². The molecule has 3 heterocycles. The fourth-order valence-electron chi connectivity index (χ4n) is 6.20. The Morgan fingerprint density at radius 1 is 1.17 bits per heavy atom. The van der Waals surface area contributed by atoms with Crippen molar-refractivity contribution >= 4 is 11.8 Å². The van der Waals surface area contributed by atoms with Crippen LogP contribution in [0.25, 0.3) is 11.1 Å². The summed E-state index contributed by atoms with van der Waals surface area (Å²) in [5.74, 6) is -2.49. The van der Waals surface area contributed by atoms with Crippen molar-refractivity contribution < 1.29 is 32.6 Å². The Hall–Kier alpha value is -3.27. The maximum Gasteiger partial charge on any atom is 0.309 e. The number of piperidine rings is 1. The maximum absolute atomic E-state index is 13.8. The van der Waals surface area contributed by atoms with Gasteiger partial charge in [-0.2, -0.15) is 0 Å². The Kier molecular flexibility index (Phi) is 6.95. The predicted molar refractivity (Wildman–Crippen MR) is 148 cm³/mol. The summed E-state index contributed by atoms with van der Waals surface area (Å²) in [4.78, 5) is 21.9. The largest absolute Gasteiger partial charge is 0.487 e. The van der Waals surface area contributed by atoms with Gasteiger partial charge in [-0.25, -0.2) is 13.2 Å². The number of nitrogens with zero attached hydrogens (tertiary/aromatic N) is 3. The highest BCUT2D eigenvalue weighted by Gasteiger charge is 2.51. The van der Waals surface area contributed by atoms with Crippen LogP contribution in [-0.4, -0.2) is 71.0 Å². The molecule has 2 saturated heterocycles. The lowest BCUT2D eigenvalue weighted by molar-refractivity contribution is -0.150. The molecule has 3 aliphatic heterocycles. The van der Waals surface area contributed by atoms with E-state index in [1.54, 1.807) is 19.1 Å². The number of amidine groups is 1. The molecular formula is C31H36F3N3O4. The van der Waals surface area contributed by atoms with Crippen molar-refractivity contribution in [3.05, 3.63) is 53.3 Å². The molecule has 0 atom stereocenters. The first-order valence-corrected chi connectivity index (χ1v) is 14.3. The molecule has 0 amide bonds. The summed E-state index contributed by atoms with van der Waals surface area (Å²) in [6.45, 7) is 5.17. The number of hydrogen-bond acceptors (Lipinski definition) is 6. The lowest BCUT2D eigenvalue weighted by atomic mass is 9.80. The summed E-state index contributed by atoms with van der Waals surface area (Å²) in [7, 11) is 0. The Morgan fingerprint density at radius 2 is 1.85 bits per heavy atom. The Labute approximate surface area is 237 Å². The summed E-state index contributed by atoms with van der Waals surface area (Å²) >= 11 is 0. The summed E-state index contributed by atoms with van der Waals surface area (Å²) in [5, 5.41) is 13.9. The molecular weight excluding hydrogens is 535 g/mol. The van der Waals surface area contributed by atoms with Gasteiger partial charge in [0, 0.05) is 45.2 Å². The molecule has 1 N–H and O–H groups in total. The fraction of sp³-hybridized carbons (Fsp3) is 0.548. The van der Waals surface area contributed by atoms with Crippen LogP contribution < -0.4 is 4.74 Å². The Balaban J connectivity index is 1.15. The van der Waals surface area contributed by atoms with E-state index < -0.39 is 23.9 Å². The van der Waals surface area contributed by atoms with E-state index in [0.717, 1.165) is 47.9 Å². The molecule has 41 heavy (non-hydrogen) atoms. The number of alkyl halides is 2. The minimum Gasteiger partial charge on any atom is -0.487 e. The number of halogens is 3.